The average Bonchev–Trinajstić information content (AvgIpc) is 2.78. The van der Waals surface area contributed by atoms with Crippen molar-refractivity contribution in [1.29, 1.82) is 0 Å². The van der Waals surface area contributed by atoms with Crippen molar-refractivity contribution in [2.24, 2.45) is 5.92 Å². The van der Waals surface area contributed by atoms with Gasteiger partial charge in [0.1, 0.15) is 10.1 Å². The molecule has 2 rings (SSSR count). The number of thioether (sulfide) groups is 1. The van der Waals surface area contributed by atoms with Crippen molar-refractivity contribution >= 4 is 40.3 Å². The number of hydrogen-bond donors (Lipinski definition) is 1. The molecule has 0 saturated carbocycles. The summed E-state index contributed by atoms with van der Waals surface area (Å²) < 4.78 is 0.636. The van der Waals surface area contributed by atoms with Crippen LogP contribution in [0, 0.1) is 5.92 Å². The third kappa shape index (κ3) is 4.82. The van der Waals surface area contributed by atoms with E-state index in [1.165, 1.54) is 24.6 Å². The number of nitrogens with zero attached hydrogens (tertiary/aromatic N) is 1. The van der Waals surface area contributed by atoms with E-state index in [0.29, 0.717) is 21.7 Å². The van der Waals surface area contributed by atoms with Crippen molar-refractivity contribution < 1.29 is 9.90 Å². The quantitative estimate of drug-likeness (QED) is 0.566. The molecule has 1 aromatic carbocycles. The number of phenolic OH excluding ortho intramolecular Hbond substituents is 1. The number of carbonyl (C=O) groups is 1. The summed E-state index contributed by atoms with van der Waals surface area (Å²) in [5.41, 5.74) is 0.809. The van der Waals surface area contributed by atoms with Crippen molar-refractivity contribution in [3.63, 3.8) is 0 Å². The van der Waals surface area contributed by atoms with Crippen LogP contribution in [0.3, 0.4) is 0 Å². The third-order valence-electron chi connectivity index (χ3n) is 4.03. The van der Waals surface area contributed by atoms with E-state index in [1.807, 2.05) is 6.07 Å². The Hall–Kier alpha value is -1.33. The fourth-order valence-electron chi connectivity index (χ4n) is 2.60. The average molecular weight is 350 g/mol. The van der Waals surface area contributed by atoms with Crippen LogP contribution < -0.4 is 0 Å². The molecule has 0 bridgehead atoms. The van der Waals surface area contributed by atoms with Gasteiger partial charge in [-0.1, -0.05) is 69.2 Å². The van der Waals surface area contributed by atoms with E-state index in [9.17, 15) is 9.90 Å². The van der Waals surface area contributed by atoms with Gasteiger partial charge in [0.05, 0.1) is 4.91 Å². The van der Waals surface area contributed by atoms with Crippen molar-refractivity contribution in [1.82, 2.24) is 4.90 Å². The Morgan fingerprint density at radius 3 is 2.83 bits per heavy atom. The second kappa shape index (κ2) is 8.50. The number of carbonyl (C=O) groups excluding carboxylic acids is 1. The molecule has 1 saturated heterocycles. The lowest BCUT2D eigenvalue weighted by molar-refractivity contribution is -0.122. The highest BCUT2D eigenvalue weighted by molar-refractivity contribution is 8.26. The van der Waals surface area contributed by atoms with Crippen LogP contribution in [-0.2, 0) is 4.79 Å². The molecule has 1 atom stereocenters. The van der Waals surface area contributed by atoms with Crippen LogP contribution in [0.15, 0.2) is 29.2 Å². The van der Waals surface area contributed by atoms with E-state index in [4.69, 9.17) is 12.2 Å². The molecule has 1 aliphatic rings. The molecule has 1 aromatic rings. The van der Waals surface area contributed by atoms with E-state index in [2.05, 4.69) is 13.8 Å². The summed E-state index contributed by atoms with van der Waals surface area (Å²) in [5.74, 6) is 0.677. The maximum atomic E-state index is 12.6. The molecule has 124 valence electrons. The molecule has 3 nitrogen and oxygen atoms in total. The molecule has 1 aliphatic heterocycles. The summed E-state index contributed by atoms with van der Waals surface area (Å²) >= 11 is 6.74. The van der Waals surface area contributed by atoms with Crippen molar-refractivity contribution in [3.05, 3.63) is 34.7 Å². The van der Waals surface area contributed by atoms with Gasteiger partial charge in [0.2, 0.25) is 0 Å². The first kappa shape index (κ1) is 18.0. The van der Waals surface area contributed by atoms with Gasteiger partial charge in [-0.15, -0.1) is 0 Å². The van der Waals surface area contributed by atoms with Crippen molar-refractivity contribution in [2.75, 3.05) is 6.54 Å². The minimum absolute atomic E-state index is 0.0155. The summed E-state index contributed by atoms with van der Waals surface area (Å²) in [6.07, 6.45) is 6.35. The summed E-state index contributed by atoms with van der Waals surface area (Å²) in [6, 6.07) is 6.88. The second-order valence-electron chi connectivity index (χ2n) is 5.80. The van der Waals surface area contributed by atoms with Gasteiger partial charge in [-0.3, -0.25) is 9.69 Å². The topological polar surface area (TPSA) is 40.5 Å². The van der Waals surface area contributed by atoms with E-state index >= 15 is 0 Å². The summed E-state index contributed by atoms with van der Waals surface area (Å²) in [4.78, 5) is 15.0. The summed E-state index contributed by atoms with van der Waals surface area (Å²) in [7, 11) is 0. The molecule has 0 spiro atoms. The number of amides is 1. The van der Waals surface area contributed by atoms with Gasteiger partial charge in [-0.25, -0.2) is 0 Å². The molecule has 1 heterocycles. The lowest BCUT2D eigenvalue weighted by Crippen LogP contribution is -2.33. The zero-order valence-electron chi connectivity index (χ0n) is 13.6. The summed E-state index contributed by atoms with van der Waals surface area (Å²) in [6.45, 7) is 5.06. The number of benzene rings is 1. The second-order valence-corrected chi connectivity index (χ2v) is 7.48. The lowest BCUT2D eigenvalue weighted by atomic mass is 9.99. The fraction of sp³-hybridized carbons (Fsp3) is 0.444. The predicted molar refractivity (Wildman–Crippen MR) is 101 cm³/mol. The van der Waals surface area contributed by atoms with E-state index in [0.717, 1.165) is 18.4 Å². The number of hydrogen-bond acceptors (Lipinski definition) is 4. The number of rotatable bonds is 7. The van der Waals surface area contributed by atoms with Crippen molar-refractivity contribution in [2.45, 2.75) is 39.5 Å². The van der Waals surface area contributed by atoms with Gasteiger partial charge in [0.25, 0.3) is 5.91 Å². The van der Waals surface area contributed by atoms with Crippen LogP contribution in [0.1, 0.15) is 45.1 Å². The van der Waals surface area contributed by atoms with Crippen LogP contribution in [0.5, 0.6) is 5.75 Å². The Morgan fingerprint density at radius 2 is 2.17 bits per heavy atom. The highest BCUT2D eigenvalue weighted by Gasteiger charge is 2.33. The maximum Gasteiger partial charge on any atom is 0.266 e. The van der Waals surface area contributed by atoms with Gasteiger partial charge < -0.3 is 5.11 Å². The predicted octanol–water partition coefficient (Wildman–Crippen LogP) is 4.81. The SMILES string of the molecule is CCCC[C@@H](CC)CN1C(=O)/C(=C\c2cccc(O)c2)SC1=S. The molecule has 0 aromatic heterocycles. The van der Waals surface area contributed by atoms with Crippen LogP contribution in [0.4, 0.5) is 0 Å². The number of aromatic hydroxyl groups is 1. The Labute approximate surface area is 147 Å². The molecule has 23 heavy (non-hydrogen) atoms. The monoisotopic (exact) mass is 349 g/mol. The van der Waals surface area contributed by atoms with Crippen LogP contribution >= 0.6 is 24.0 Å². The standard InChI is InChI=1S/C18H23NO2S2/c1-3-5-7-13(4-2)12-19-17(21)16(23-18(19)22)11-14-8-6-9-15(20)10-14/h6,8-11,13,20H,3-5,7,12H2,1-2H3/b16-11+/t13-/m1/s1. The molecular weight excluding hydrogens is 326 g/mol. The van der Waals surface area contributed by atoms with Crippen LogP contribution in [0.2, 0.25) is 0 Å². The van der Waals surface area contributed by atoms with Crippen LogP contribution in [-0.4, -0.2) is 26.8 Å². The third-order valence-corrected chi connectivity index (χ3v) is 5.40. The number of phenols is 1. The Morgan fingerprint density at radius 1 is 1.39 bits per heavy atom. The van der Waals surface area contributed by atoms with Gasteiger partial charge in [0.15, 0.2) is 0 Å². The first-order valence-corrected chi connectivity index (χ1v) is 9.32. The van der Waals surface area contributed by atoms with E-state index in [-0.39, 0.29) is 11.7 Å². The minimum Gasteiger partial charge on any atom is -0.508 e. The fourth-order valence-corrected chi connectivity index (χ4v) is 3.87. The number of unbranched alkanes of at least 4 members (excludes halogenated alkanes) is 1. The zero-order valence-corrected chi connectivity index (χ0v) is 15.3. The molecule has 0 radical (unpaired) electrons. The molecule has 1 amide bonds. The highest BCUT2D eigenvalue weighted by Crippen LogP contribution is 2.34. The molecular formula is C18H23NO2S2. The molecule has 1 fully saturated rings. The molecule has 0 aliphatic carbocycles. The zero-order chi connectivity index (χ0) is 16.8. The smallest absolute Gasteiger partial charge is 0.266 e. The lowest BCUT2D eigenvalue weighted by Gasteiger charge is -2.21. The Kier molecular flexibility index (Phi) is 6.66. The first-order chi connectivity index (χ1) is 11.0. The van der Waals surface area contributed by atoms with Gasteiger partial charge >= 0.3 is 0 Å². The largest absolute Gasteiger partial charge is 0.508 e. The van der Waals surface area contributed by atoms with Gasteiger partial charge in [-0.05, 0) is 36.1 Å². The van der Waals surface area contributed by atoms with Gasteiger partial charge in [-0.2, -0.15) is 0 Å². The Balaban J connectivity index is 2.10. The normalized spacial score (nSPS) is 18.0. The number of thiocarbonyl (C=S) groups is 1. The molecule has 1 N–H and O–H groups in total. The van der Waals surface area contributed by atoms with E-state index in [1.54, 1.807) is 29.2 Å². The van der Waals surface area contributed by atoms with Crippen LogP contribution in [0.25, 0.3) is 6.08 Å². The first-order valence-electron chi connectivity index (χ1n) is 8.09. The highest BCUT2D eigenvalue weighted by atomic mass is 32.2. The molecule has 5 heteroatoms. The van der Waals surface area contributed by atoms with E-state index < -0.39 is 0 Å². The maximum absolute atomic E-state index is 12.6. The Bertz CT molecular complexity index is 613. The molecule has 0 unspecified atom stereocenters. The summed E-state index contributed by atoms with van der Waals surface area (Å²) in [5, 5.41) is 9.53. The van der Waals surface area contributed by atoms with Crippen molar-refractivity contribution in [3.8, 4) is 5.75 Å². The minimum atomic E-state index is -0.0155. The van der Waals surface area contributed by atoms with Gasteiger partial charge in [0, 0.05) is 6.54 Å².